The first kappa shape index (κ1) is 13.7. The number of benzene rings is 2. The van der Waals surface area contributed by atoms with Gasteiger partial charge in [-0.1, -0.05) is 12.1 Å². The van der Waals surface area contributed by atoms with Crippen LogP contribution >= 0.6 is 0 Å². The second kappa shape index (κ2) is 5.05. The largest absolute Gasteiger partial charge is 0.493 e. The summed E-state index contributed by atoms with van der Waals surface area (Å²) < 4.78 is 5.41. The Bertz CT molecular complexity index is 821. The van der Waals surface area contributed by atoms with Gasteiger partial charge < -0.3 is 4.74 Å². The van der Waals surface area contributed by atoms with E-state index in [1.54, 1.807) is 42.5 Å². The third-order valence-corrected chi connectivity index (χ3v) is 4.19. The highest BCUT2D eigenvalue weighted by Crippen LogP contribution is 2.27. The van der Waals surface area contributed by atoms with Crippen molar-refractivity contribution in [2.45, 2.75) is 6.42 Å². The zero-order valence-corrected chi connectivity index (χ0v) is 12.2. The summed E-state index contributed by atoms with van der Waals surface area (Å²) in [4.78, 5) is 38.1. The number of rotatable bonds is 3. The third-order valence-electron chi connectivity index (χ3n) is 4.19. The minimum Gasteiger partial charge on any atom is -0.493 e. The first-order valence-electron chi connectivity index (χ1n) is 7.39. The Morgan fingerprint density at radius 2 is 1.74 bits per heavy atom. The lowest BCUT2D eigenvalue weighted by molar-refractivity contribution is 0.0624. The number of fused-ring (bicyclic) bond motifs is 2. The van der Waals surface area contributed by atoms with Gasteiger partial charge in [0.1, 0.15) is 5.75 Å². The van der Waals surface area contributed by atoms with E-state index in [1.165, 1.54) is 0 Å². The lowest BCUT2D eigenvalue weighted by Crippen LogP contribution is -2.34. The Balaban J connectivity index is 1.58. The van der Waals surface area contributed by atoms with Crippen molar-refractivity contribution < 1.29 is 19.1 Å². The highest BCUT2D eigenvalue weighted by atomic mass is 16.5. The van der Waals surface area contributed by atoms with E-state index in [9.17, 15) is 14.4 Å². The summed E-state index contributed by atoms with van der Waals surface area (Å²) >= 11 is 0. The monoisotopic (exact) mass is 307 g/mol. The van der Waals surface area contributed by atoms with E-state index >= 15 is 0 Å². The Labute approximate surface area is 132 Å². The second-order valence-corrected chi connectivity index (χ2v) is 5.59. The van der Waals surface area contributed by atoms with Gasteiger partial charge in [0.2, 0.25) is 0 Å². The maximum atomic E-state index is 12.5. The summed E-state index contributed by atoms with van der Waals surface area (Å²) in [5.74, 6) is -0.289. The van der Waals surface area contributed by atoms with Crippen molar-refractivity contribution in [2.75, 3.05) is 13.2 Å². The number of amides is 2. The second-order valence-electron chi connectivity index (χ2n) is 5.59. The lowest BCUT2D eigenvalue weighted by Gasteiger charge is -2.13. The van der Waals surface area contributed by atoms with Crippen LogP contribution in [0.2, 0.25) is 0 Å². The van der Waals surface area contributed by atoms with Crippen LogP contribution in [0.3, 0.4) is 0 Å². The number of hydrogen-bond donors (Lipinski definition) is 0. The normalized spacial score (nSPS) is 15.4. The predicted octanol–water partition coefficient (Wildman–Crippen LogP) is 2.10. The Morgan fingerprint density at radius 1 is 1.04 bits per heavy atom. The quantitative estimate of drug-likeness (QED) is 0.643. The number of hydrogen-bond acceptors (Lipinski definition) is 4. The van der Waals surface area contributed by atoms with Crippen LogP contribution in [0.4, 0.5) is 0 Å². The van der Waals surface area contributed by atoms with Crippen LogP contribution in [-0.2, 0) is 6.42 Å². The molecule has 114 valence electrons. The molecule has 4 rings (SSSR count). The predicted molar refractivity (Wildman–Crippen MR) is 81.8 cm³/mol. The number of ketones is 1. The van der Waals surface area contributed by atoms with Crippen molar-refractivity contribution in [2.24, 2.45) is 0 Å². The standard InChI is InChI=1S/C18H13NO4/c20-15(11-5-6-16-12(9-11)7-8-23-16)10-19-17(21)13-3-1-2-4-14(13)18(19)22/h1-6,9H,7-8,10H2. The fourth-order valence-electron chi connectivity index (χ4n) is 2.98. The third kappa shape index (κ3) is 2.12. The maximum Gasteiger partial charge on any atom is 0.261 e. The number of Topliss-reactive ketones (excluding diaryl/α,β-unsaturated/α-hetero) is 1. The first-order valence-corrected chi connectivity index (χ1v) is 7.39. The highest BCUT2D eigenvalue weighted by Gasteiger charge is 2.36. The summed E-state index contributed by atoms with van der Waals surface area (Å²) in [5, 5.41) is 0. The molecule has 0 unspecified atom stereocenters. The molecule has 0 fully saturated rings. The van der Waals surface area contributed by atoms with Crippen molar-refractivity contribution in [1.29, 1.82) is 0 Å². The van der Waals surface area contributed by atoms with Crippen molar-refractivity contribution in [1.82, 2.24) is 4.90 Å². The molecule has 0 aliphatic carbocycles. The molecule has 0 N–H and O–H groups in total. The molecule has 2 amide bonds. The Morgan fingerprint density at radius 3 is 2.43 bits per heavy atom. The molecule has 0 radical (unpaired) electrons. The van der Waals surface area contributed by atoms with Crippen molar-refractivity contribution in [3.63, 3.8) is 0 Å². The molecule has 0 saturated carbocycles. The van der Waals surface area contributed by atoms with E-state index in [0.29, 0.717) is 23.3 Å². The topological polar surface area (TPSA) is 63.7 Å². The van der Waals surface area contributed by atoms with Gasteiger partial charge in [0.05, 0.1) is 24.3 Å². The van der Waals surface area contributed by atoms with Gasteiger partial charge in [-0.2, -0.15) is 0 Å². The molecule has 0 aromatic heterocycles. The van der Waals surface area contributed by atoms with E-state index < -0.39 is 11.8 Å². The SMILES string of the molecule is O=C(CN1C(=O)c2ccccc2C1=O)c1ccc2c(c1)CCO2. The van der Waals surface area contributed by atoms with Crippen LogP contribution in [0.5, 0.6) is 5.75 Å². The van der Waals surface area contributed by atoms with Gasteiger partial charge in [0.15, 0.2) is 5.78 Å². The van der Waals surface area contributed by atoms with Crippen LogP contribution in [0.15, 0.2) is 42.5 Å². The minimum atomic E-state index is -0.413. The molecule has 2 aliphatic heterocycles. The van der Waals surface area contributed by atoms with E-state index in [4.69, 9.17) is 4.74 Å². The van der Waals surface area contributed by atoms with Gasteiger partial charge in [-0.3, -0.25) is 19.3 Å². The van der Waals surface area contributed by atoms with Gasteiger partial charge in [0.25, 0.3) is 11.8 Å². The highest BCUT2D eigenvalue weighted by molar-refractivity contribution is 6.23. The van der Waals surface area contributed by atoms with Crippen LogP contribution in [0, 0.1) is 0 Å². The molecule has 0 spiro atoms. The van der Waals surface area contributed by atoms with Crippen LogP contribution in [0.25, 0.3) is 0 Å². The summed E-state index contributed by atoms with van der Waals surface area (Å²) in [6.45, 7) is 0.372. The van der Waals surface area contributed by atoms with E-state index in [2.05, 4.69) is 0 Å². The van der Waals surface area contributed by atoms with E-state index in [0.717, 1.165) is 22.6 Å². The zero-order valence-electron chi connectivity index (χ0n) is 12.2. The molecular weight excluding hydrogens is 294 g/mol. The number of ether oxygens (including phenoxy) is 1. The number of imide groups is 1. The average molecular weight is 307 g/mol. The summed E-state index contributed by atoms with van der Waals surface area (Å²) in [6, 6.07) is 11.8. The number of carbonyl (C=O) groups is 3. The first-order chi connectivity index (χ1) is 11.1. The fraction of sp³-hybridized carbons (Fsp3) is 0.167. The minimum absolute atomic E-state index is 0.244. The molecule has 2 heterocycles. The molecule has 2 aliphatic rings. The van der Waals surface area contributed by atoms with Gasteiger partial charge in [-0.25, -0.2) is 0 Å². The molecule has 2 aromatic rings. The molecular formula is C18H13NO4. The molecule has 23 heavy (non-hydrogen) atoms. The van der Waals surface area contributed by atoms with Gasteiger partial charge in [-0.05, 0) is 35.9 Å². The molecule has 2 aromatic carbocycles. The van der Waals surface area contributed by atoms with Gasteiger partial charge in [-0.15, -0.1) is 0 Å². The number of nitrogens with zero attached hydrogens (tertiary/aromatic N) is 1. The molecule has 5 heteroatoms. The zero-order chi connectivity index (χ0) is 16.0. The fourth-order valence-corrected chi connectivity index (χ4v) is 2.98. The van der Waals surface area contributed by atoms with Crippen LogP contribution in [0.1, 0.15) is 36.6 Å². The molecule has 0 atom stereocenters. The Hall–Kier alpha value is -2.95. The Kier molecular flexibility index (Phi) is 3.01. The number of carbonyl (C=O) groups excluding carboxylic acids is 3. The summed E-state index contributed by atoms with van der Waals surface area (Å²) in [5.41, 5.74) is 2.18. The van der Waals surface area contributed by atoms with Crippen LogP contribution < -0.4 is 4.74 Å². The maximum absolute atomic E-state index is 12.5. The van der Waals surface area contributed by atoms with Crippen LogP contribution in [-0.4, -0.2) is 35.6 Å². The lowest BCUT2D eigenvalue weighted by atomic mass is 10.1. The van der Waals surface area contributed by atoms with Crippen molar-refractivity contribution >= 4 is 17.6 Å². The molecule has 5 nitrogen and oxygen atoms in total. The van der Waals surface area contributed by atoms with Gasteiger partial charge in [0, 0.05) is 12.0 Å². The van der Waals surface area contributed by atoms with E-state index in [1.807, 2.05) is 0 Å². The molecule has 0 saturated heterocycles. The summed E-state index contributed by atoms with van der Waals surface area (Å²) in [7, 11) is 0. The average Bonchev–Trinajstić information content (AvgIpc) is 3.13. The van der Waals surface area contributed by atoms with Crippen molar-refractivity contribution in [3.8, 4) is 5.75 Å². The molecule has 0 bridgehead atoms. The summed E-state index contributed by atoms with van der Waals surface area (Å²) in [6.07, 6.45) is 0.767. The van der Waals surface area contributed by atoms with Crippen molar-refractivity contribution in [3.05, 3.63) is 64.7 Å². The van der Waals surface area contributed by atoms with E-state index in [-0.39, 0.29) is 12.3 Å². The smallest absolute Gasteiger partial charge is 0.261 e. The van der Waals surface area contributed by atoms with Gasteiger partial charge >= 0.3 is 0 Å².